The first-order valence-electron chi connectivity index (χ1n) is 5.38. The van der Waals surface area contributed by atoms with E-state index in [0.29, 0.717) is 11.7 Å². The molecule has 82 valence electrons. The Balaban J connectivity index is 2.16. The number of aromatic nitrogens is 2. The highest BCUT2D eigenvalue weighted by molar-refractivity contribution is 7.98. The standard InChI is InChI=1S/C11H17N3S/c1-7(2)3-4-10-13-9-6-15-5-8(9)11(12)14-10/h7H,3-6H2,1-2H3,(H2,12,13,14). The molecule has 0 aliphatic carbocycles. The summed E-state index contributed by atoms with van der Waals surface area (Å²) in [5.74, 6) is 4.28. The van der Waals surface area contributed by atoms with E-state index in [1.54, 1.807) is 0 Å². The van der Waals surface area contributed by atoms with Gasteiger partial charge in [-0.05, 0) is 12.3 Å². The fourth-order valence-electron chi connectivity index (χ4n) is 1.66. The number of aryl methyl sites for hydroxylation is 1. The average molecular weight is 223 g/mol. The van der Waals surface area contributed by atoms with Crippen LogP contribution in [-0.4, -0.2) is 9.97 Å². The van der Waals surface area contributed by atoms with Gasteiger partial charge in [0, 0.05) is 23.5 Å². The van der Waals surface area contributed by atoms with E-state index in [1.807, 2.05) is 11.8 Å². The van der Waals surface area contributed by atoms with Crippen LogP contribution in [-0.2, 0) is 17.9 Å². The first-order valence-corrected chi connectivity index (χ1v) is 6.54. The van der Waals surface area contributed by atoms with E-state index in [4.69, 9.17) is 5.73 Å². The summed E-state index contributed by atoms with van der Waals surface area (Å²) in [4.78, 5) is 8.94. The van der Waals surface area contributed by atoms with Crippen LogP contribution >= 0.6 is 11.8 Å². The lowest BCUT2D eigenvalue weighted by molar-refractivity contribution is 0.574. The predicted molar refractivity (Wildman–Crippen MR) is 64.6 cm³/mol. The average Bonchev–Trinajstić information content (AvgIpc) is 2.63. The van der Waals surface area contributed by atoms with E-state index < -0.39 is 0 Å². The van der Waals surface area contributed by atoms with Gasteiger partial charge in [0.05, 0.1) is 5.69 Å². The number of fused-ring (bicyclic) bond motifs is 1. The molecule has 2 N–H and O–H groups in total. The van der Waals surface area contributed by atoms with Crippen molar-refractivity contribution in [2.24, 2.45) is 5.92 Å². The van der Waals surface area contributed by atoms with Crippen molar-refractivity contribution in [3.8, 4) is 0 Å². The first-order chi connectivity index (χ1) is 7.16. The fourth-order valence-corrected chi connectivity index (χ4v) is 2.71. The van der Waals surface area contributed by atoms with Gasteiger partial charge in [0.2, 0.25) is 0 Å². The molecule has 0 unspecified atom stereocenters. The number of hydrogen-bond acceptors (Lipinski definition) is 4. The van der Waals surface area contributed by atoms with E-state index in [9.17, 15) is 0 Å². The Kier molecular flexibility index (Phi) is 3.14. The molecular formula is C11H17N3S. The molecule has 0 spiro atoms. The SMILES string of the molecule is CC(C)CCc1nc(N)c2c(n1)CSC2. The molecule has 2 heterocycles. The molecule has 1 aromatic heterocycles. The number of hydrogen-bond donors (Lipinski definition) is 1. The minimum absolute atomic E-state index is 0.692. The van der Waals surface area contributed by atoms with Crippen LogP contribution in [0.1, 0.15) is 37.4 Å². The third-order valence-corrected chi connectivity index (χ3v) is 3.57. The van der Waals surface area contributed by atoms with Crippen molar-refractivity contribution in [1.82, 2.24) is 9.97 Å². The van der Waals surface area contributed by atoms with E-state index in [2.05, 4.69) is 23.8 Å². The minimum Gasteiger partial charge on any atom is -0.383 e. The molecule has 0 saturated carbocycles. The normalized spacial score (nSPS) is 14.6. The Morgan fingerprint density at radius 1 is 1.33 bits per heavy atom. The van der Waals surface area contributed by atoms with Crippen LogP contribution in [0.2, 0.25) is 0 Å². The summed E-state index contributed by atoms with van der Waals surface area (Å²) in [6.45, 7) is 4.43. The van der Waals surface area contributed by atoms with Gasteiger partial charge in [0.15, 0.2) is 0 Å². The van der Waals surface area contributed by atoms with Gasteiger partial charge in [-0.1, -0.05) is 13.8 Å². The molecule has 1 aliphatic heterocycles. The van der Waals surface area contributed by atoms with Gasteiger partial charge in [0.25, 0.3) is 0 Å². The summed E-state index contributed by atoms with van der Waals surface area (Å²) >= 11 is 1.87. The maximum atomic E-state index is 5.91. The lowest BCUT2D eigenvalue weighted by Gasteiger charge is -2.07. The molecule has 0 fully saturated rings. The largest absolute Gasteiger partial charge is 0.383 e. The van der Waals surface area contributed by atoms with Crippen LogP contribution in [0.25, 0.3) is 0 Å². The van der Waals surface area contributed by atoms with Crippen LogP contribution in [0.3, 0.4) is 0 Å². The summed E-state index contributed by atoms with van der Waals surface area (Å²) in [7, 11) is 0. The molecule has 4 heteroatoms. The Morgan fingerprint density at radius 3 is 2.87 bits per heavy atom. The molecule has 1 aromatic rings. The minimum atomic E-state index is 0.692. The molecule has 0 saturated heterocycles. The molecule has 3 nitrogen and oxygen atoms in total. The maximum Gasteiger partial charge on any atom is 0.131 e. The molecule has 0 atom stereocenters. The topological polar surface area (TPSA) is 51.8 Å². The van der Waals surface area contributed by atoms with Crippen molar-refractivity contribution < 1.29 is 0 Å². The summed E-state index contributed by atoms with van der Waals surface area (Å²) in [5.41, 5.74) is 8.23. The lowest BCUT2D eigenvalue weighted by Crippen LogP contribution is -2.06. The quantitative estimate of drug-likeness (QED) is 0.855. The van der Waals surface area contributed by atoms with Crippen molar-refractivity contribution in [3.63, 3.8) is 0 Å². The summed E-state index contributed by atoms with van der Waals surface area (Å²) in [5, 5.41) is 0. The smallest absolute Gasteiger partial charge is 0.131 e. The van der Waals surface area contributed by atoms with Gasteiger partial charge in [0.1, 0.15) is 11.6 Å². The van der Waals surface area contributed by atoms with Crippen LogP contribution in [0.5, 0.6) is 0 Å². The Hall–Kier alpha value is -0.770. The third-order valence-electron chi connectivity index (χ3n) is 2.60. The number of nitrogens with zero attached hydrogens (tertiary/aromatic N) is 2. The van der Waals surface area contributed by atoms with Gasteiger partial charge < -0.3 is 5.73 Å². The monoisotopic (exact) mass is 223 g/mol. The van der Waals surface area contributed by atoms with E-state index in [1.165, 1.54) is 0 Å². The highest BCUT2D eigenvalue weighted by atomic mass is 32.2. The molecule has 0 amide bonds. The van der Waals surface area contributed by atoms with Gasteiger partial charge in [-0.3, -0.25) is 0 Å². The second kappa shape index (κ2) is 4.39. The molecule has 0 bridgehead atoms. The van der Waals surface area contributed by atoms with Gasteiger partial charge >= 0.3 is 0 Å². The number of rotatable bonds is 3. The fraction of sp³-hybridized carbons (Fsp3) is 0.636. The molecule has 0 radical (unpaired) electrons. The number of nitrogens with two attached hydrogens (primary N) is 1. The molecule has 2 rings (SSSR count). The highest BCUT2D eigenvalue weighted by Gasteiger charge is 2.17. The van der Waals surface area contributed by atoms with Gasteiger partial charge in [-0.25, -0.2) is 9.97 Å². The van der Waals surface area contributed by atoms with Crippen molar-refractivity contribution in [1.29, 1.82) is 0 Å². The maximum absolute atomic E-state index is 5.91. The highest BCUT2D eigenvalue weighted by Crippen LogP contribution is 2.31. The summed E-state index contributed by atoms with van der Waals surface area (Å²) < 4.78 is 0. The number of anilines is 1. The predicted octanol–water partition coefficient (Wildman–Crippen LogP) is 2.39. The van der Waals surface area contributed by atoms with Crippen molar-refractivity contribution >= 4 is 17.6 Å². The number of thioether (sulfide) groups is 1. The molecule has 15 heavy (non-hydrogen) atoms. The van der Waals surface area contributed by atoms with Gasteiger partial charge in [-0.2, -0.15) is 11.8 Å². The zero-order valence-corrected chi connectivity index (χ0v) is 10.1. The second-order valence-corrected chi connectivity index (χ2v) is 5.36. The molecule has 0 aromatic carbocycles. The summed E-state index contributed by atoms with van der Waals surface area (Å²) in [6.07, 6.45) is 2.07. The van der Waals surface area contributed by atoms with Crippen LogP contribution in [0, 0.1) is 5.92 Å². The van der Waals surface area contributed by atoms with Crippen molar-refractivity contribution in [2.75, 3.05) is 5.73 Å². The summed E-state index contributed by atoms with van der Waals surface area (Å²) in [6, 6.07) is 0. The zero-order valence-electron chi connectivity index (χ0n) is 9.29. The van der Waals surface area contributed by atoms with Gasteiger partial charge in [-0.15, -0.1) is 0 Å². The molecule has 1 aliphatic rings. The van der Waals surface area contributed by atoms with Crippen LogP contribution < -0.4 is 5.73 Å². The van der Waals surface area contributed by atoms with E-state index >= 15 is 0 Å². The van der Waals surface area contributed by atoms with Crippen molar-refractivity contribution in [3.05, 3.63) is 17.1 Å². The number of nitrogen functional groups attached to an aromatic ring is 1. The molecular weight excluding hydrogens is 206 g/mol. The Bertz CT molecular complexity index is 363. The van der Waals surface area contributed by atoms with Crippen LogP contribution in [0.4, 0.5) is 5.82 Å². The first kappa shape index (κ1) is 10.7. The van der Waals surface area contributed by atoms with Crippen molar-refractivity contribution in [2.45, 2.75) is 38.2 Å². The van der Waals surface area contributed by atoms with Crippen LogP contribution in [0.15, 0.2) is 0 Å². The Labute approximate surface area is 94.9 Å². The second-order valence-electron chi connectivity index (χ2n) is 4.38. The van der Waals surface area contributed by atoms with E-state index in [0.717, 1.165) is 41.4 Å². The zero-order chi connectivity index (χ0) is 10.8. The van der Waals surface area contributed by atoms with E-state index in [-0.39, 0.29) is 0 Å². The lowest BCUT2D eigenvalue weighted by atomic mass is 10.1. The third kappa shape index (κ3) is 2.43. The Morgan fingerprint density at radius 2 is 2.13 bits per heavy atom.